The van der Waals surface area contributed by atoms with Crippen molar-refractivity contribution in [2.24, 2.45) is 19.8 Å². The molecule has 0 fully saturated rings. The lowest BCUT2D eigenvalue weighted by molar-refractivity contribution is -0.202. The Balaban J connectivity index is 1.93. The molecule has 0 aliphatic heterocycles. The smallest absolute Gasteiger partial charge is 0.491 e. The summed E-state index contributed by atoms with van der Waals surface area (Å²) < 4.78 is 50.1. The van der Waals surface area contributed by atoms with Crippen molar-refractivity contribution in [1.29, 1.82) is 0 Å². The van der Waals surface area contributed by atoms with E-state index in [1.165, 1.54) is 55.1 Å². The van der Waals surface area contributed by atoms with Crippen LogP contribution in [0.1, 0.15) is 28.0 Å². The zero-order valence-electron chi connectivity index (χ0n) is 23.6. The molecule has 0 aliphatic carbocycles. The first kappa shape index (κ1) is 34.4. The average molecular weight is 659 g/mol. The summed E-state index contributed by atoms with van der Waals surface area (Å²) in [5.41, 5.74) is 5.36. The monoisotopic (exact) mass is 658 g/mol. The molecular formula is C28H27Cl2F3N4O7. The van der Waals surface area contributed by atoms with Gasteiger partial charge in [-0.15, -0.1) is 0 Å². The first-order chi connectivity index (χ1) is 20.6. The van der Waals surface area contributed by atoms with Gasteiger partial charge in [-0.05, 0) is 43.1 Å². The van der Waals surface area contributed by atoms with Crippen LogP contribution in [0, 0.1) is 6.92 Å². The molecular weight excluding hydrogens is 632 g/mol. The van der Waals surface area contributed by atoms with Crippen LogP contribution in [0.4, 0.5) is 13.2 Å². The van der Waals surface area contributed by atoms with E-state index in [1.807, 2.05) is 0 Å². The van der Waals surface area contributed by atoms with Gasteiger partial charge < -0.3 is 25.1 Å². The number of esters is 2. The second kappa shape index (κ2) is 14.1. The largest absolute Gasteiger partial charge is 0.493 e. The van der Waals surface area contributed by atoms with Gasteiger partial charge in [0.05, 0.1) is 27.8 Å². The molecule has 0 unspecified atom stereocenters. The third-order valence-electron chi connectivity index (χ3n) is 6.51. The zero-order valence-corrected chi connectivity index (χ0v) is 25.1. The van der Waals surface area contributed by atoms with Gasteiger partial charge in [-0.3, -0.25) is 14.2 Å². The van der Waals surface area contributed by atoms with Gasteiger partial charge in [0.25, 0.3) is 11.5 Å². The molecule has 1 amide bonds. The van der Waals surface area contributed by atoms with Crippen LogP contribution in [0.3, 0.4) is 0 Å². The van der Waals surface area contributed by atoms with Gasteiger partial charge in [-0.2, -0.15) is 13.2 Å². The summed E-state index contributed by atoms with van der Waals surface area (Å²) in [5, 5.41) is 1.86. The van der Waals surface area contributed by atoms with Gasteiger partial charge in [0, 0.05) is 26.2 Å². The van der Waals surface area contributed by atoms with Crippen LogP contribution in [-0.4, -0.2) is 52.3 Å². The number of carbonyl (C=O) groups excluding carboxylic acids is 3. The molecule has 0 saturated heterocycles. The van der Waals surface area contributed by atoms with Crippen LogP contribution in [-0.2, 0) is 34.8 Å². The van der Waals surface area contributed by atoms with Crippen molar-refractivity contribution in [3.63, 3.8) is 0 Å². The predicted octanol–water partition coefficient (Wildman–Crippen LogP) is 3.07. The summed E-state index contributed by atoms with van der Waals surface area (Å²) in [5.74, 6) is -5.29. The van der Waals surface area contributed by atoms with Crippen LogP contribution >= 0.6 is 23.2 Å². The highest BCUT2D eigenvalue weighted by molar-refractivity contribution is 6.40. The number of aromatic nitrogens is 2. The number of halogens is 5. The van der Waals surface area contributed by atoms with E-state index in [0.717, 1.165) is 4.57 Å². The predicted molar refractivity (Wildman–Crippen MR) is 155 cm³/mol. The number of carbonyl (C=O) groups is 3. The van der Waals surface area contributed by atoms with Crippen molar-refractivity contribution < 1.29 is 37.0 Å². The van der Waals surface area contributed by atoms with Crippen molar-refractivity contribution in [1.82, 2.24) is 14.5 Å². The Morgan fingerprint density at radius 3 is 2.16 bits per heavy atom. The maximum absolute atomic E-state index is 13.1. The van der Waals surface area contributed by atoms with E-state index < -0.39 is 47.7 Å². The second-order valence-corrected chi connectivity index (χ2v) is 10.4. The lowest BCUT2D eigenvalue weighted by Gasteiger charge is -2.19. The van der Waals surface area contributed by atoms with Gasteiger partial charge in [-0.1, -0.05) is 47.5 Å². The number of ether oxygens (including phenoxy) is 2. The molecule has 0 aliphatic rings. The highest BCUT2D eigenvalue weighted by Crippen LogP contribution is 2.31. The van der Waals surface area contributed by atoms with Crippen molar-refractivity contribution >= 4 is 41.0 Å². The maximum Gasteiger partial charge on any atom is 0.491 e. The molecule has 3 aromatic rings. The maximum atomic E-state index is 13.1. The molecule has 0 spiro atoms. The van der Waals surface area contributed by atoms with Crippen LogP contribution < -0.4 is 27.0 Å². The van der Waals surface area contributed by atoms with Crippen molar-refractivity contribution in [2.45, 2.75) is 32.0 Å². The number of rotatable bonds is 10. The van der Waals surface area contributed by atoms with Gasteiger partial charge in [-0.25, -0.2) is 14.4 Å². The van der Waals surface area contributed by atoms with Gasteiger partial charge in [0.1, 0.15) is 11.8 Å². The van der Waals surface area contributed by atoms with E-state index in [2.05, 4.69) is 10.1 Å². The molecule has 1 atom stereocenters. The third-order valence-corrected chi connectivity index (χ3v) is 7.11. The van der Waals surface area contributed by atoms with Crippen LogP contribution in [0.5, 0.6) is 5.75 Å². The third kappa shape index (κ3) is 7.87. The van der Waals surface area contributed by atoms with E-state index in [9.17, 15) is 37.1 Å². The minimum atomic E-state index is -5.47. The van der Waals surface area contributed by atoms with Crippen molar-refractivity contribution in [3.8, 4) is 16.9 Å². The minimum absolute atomic E-state index is 0.185. The number of nitrogens with two attached hydrogens (primary N) is 1. The fourth-order valence-corrected chi connectivity index (χ4v) is 4.73. The van der Waals surface area contributed by atoms with Crippen molar-refractivity contribution in [3.05, 3.63) is 84.1 Å². The molecule has 16 heteroatoms. The summed E-state index contributed by atoms with van der Waals surface area (Å²) in [6, 6.07) is 6.64. The lowest BCUT2D eigenvalue weighted by atomic mass is 10.00. The molecule has 236 valence electrons. The van der Waals surface area contributed by atoms with Crippen LogP contribution in [0.15, 0.2) is 46.0 Å². The summed E-state index contributed by atoms with van der Waals surface area (Å²) in [4.78, 5) is 62.2. The van der Waals surface area contributed by atoms with E-state index in [-0.39, 0.29) is 33.5 Å². The van der Waals surface area contributed by atoms with E-state index in [4.69, 9.17) is 33.7 Å². The first-order valence-electron chi connectivity index (χ1n) is 12.9. The number of amides is 1. The summed E-state index contributed by atoms with van der Waals surface area (Å²) >= 11 is 12.5. The zero-order chi connectivity index (χ0) is 32.9. The molecule has 0 bridgehead atoms. The minimum Gasteiger partial charge on any atom is -0.493 e. The Hall–Kier alpha value is -4.14. The molecule has 0 radical (unpaired) electrons. The van der Waals surface area contributed by atoms with Crippen LogP contribution in [0.2, 0.25) is 10.0 Å². The Labute approximate surface area is 258 Å². The molecule has 44 heavy (non-hydrogen) atoms. The average Bonchev–Trinajstić information content (AvgIpc) is 2.95. The Morgan fingerprint density at radius 2 is 1.61 bits per heavy atom. The number of hydrogen-bond donors (Lipinski definition) is 2. The molecule has 11 nitrogen and oxygen atoms in total. The fourth-order valence-electron chi connectivity index (χ4n) is 4.09. The Bertz CT molecular complexity index is 1680. The number of hydrogen-bond acceptors (Lipinski definition) is 8. The standard InChI is InChI=1S/C28H27Cl2F3N4O7/c1-14-21(24(39)37(3)27(42)36(14)2)16-7-5-15(6-8-16)11-20(25(40)44-26(41)28(31,32)33)35-23(38)22-18(29)12-17(13-19(22)30)43-10-4-9-34/h5-8,12-13,20H,4,9-11,34H2,1-3H3,(H,35,38)/t20-/m0/s1. The number of nitrogens with zero attached hydrogens (tertiary/aromatic N) is 2. The van der Waals surface area contributed by atoms with E-state index in [1.54, 1.807) is 6.92 Å². The highest BCUT2D eigenvalue weighted by atomic mass is 35.5. The molecule has 1 heterocycles. The summed E-state index contributed by atoms with van der Waals surface area (Å²) in [6.45, 7) is 2.19. The van der Waals surface area contributed by atoms with Crippen molar-refractivity contribution in [2.75, 3.05) is 13.2 Å². The molecule has 0 saturated carbocycles. The quantitative estimate of drug-likeness (QED) is 0.192. The van der Waals surface area contributed by atoms with Gasteiger partial charge in [0.2, 0.25) is 0 Å². The molecule has 3 N–H and O–H groups in total. The number of benzene rings is 2. The van der Waals surface area contributed by atoms with Gasteiger partial charge >= 0.3 is 23.8 Å². The summed E-state index contributed by atoms with van der Waals surface area (Å²) in [6.07, 6.45) is -5.38. The second-order valence-electron chi connectivity index (χ2n) is 9.55. The number of nitrogens with one attached hydrogen (secondary N) is 1. The molecule has 3 rings (SSSR count). The van der Waals surface area contributed by atoms with E-state index >= 15 is 0 Å². The summed E-state index contributed by atoms with van der Waals surface area (Å²) in [7, 11) is 2.82. The Kier molecular flexibility index (Phi) is 11.0. The lowest BCUT2D eigenvalue weighted by Crippen LogP contribution is -2.45. The highest BCUT2D eigenvalue weighted by Gasteiger charge is 2.43. The normalized spacial score (nSPS) is 12.0. The fraction of sp³-hybridized carbons (Fsp3) is 0.321. The van der Waals surface area contributed by atoms with E-state index in [0.29, 0.717) is 29.8 Å². The van der Waals surface area contributed by atoms with Crippen LogP contribution in [0.25, 0.3) is 11.1 Å². The number of alkyl halides is 3. The molecule has 2 aromatic carbocycles. The Morgan fingerprint density at radius 1 is 1.02 bits per heavy atom. The van der Waals surface area contributed by atoms with Gasteiger partial charge in [0.15, 0.2) is 0 Å². The molecule has 1 aromatic heterocycles. The SMILES string of the molecule is Cc1c(-c2ccc(C[C@H](NC(=O)c3c(Cl)cc(OCCCN)cc3Cl)C(=O)OC(=O)C(F)(F)F)cc2)c(=O)n(C)c(=O)n1C. The first-order valence-corrected chi connectivity index (χ1v) is 13.6. The topological polar surface area (TPSA) is 152 Å².